The molecular weight excluding hydrogens is 244 g/mol. The van der Waals surface area contributed by atoms with E-state index in [4.69, 9.17) is 4.74 Å². The van der Waals surface area contributed by atoms with E-state index in [-0.39, 0.29) is 0 Å². The quantitative estimate of drug-likeness (QED) is 0.334. The molecule has 20 heavy (non-hydrogen) atoms. The second-order valence-corrected chi connectivity index (χ2v) is 6.64. The van der Waals surface area contributed by atoms with Crippen molar-refractivity contribution in [1.29, 1.82) is 0 Å². The molecule has 0 aromatic carbocycles. The van der Waals surface area contributed by atoms with Crippen LogP contribution in [0.25, 0.3) is 0 Å². The second kappa shape index (κ2) is 13.9. The molecule has 0 fully saturated rings. The molecule has 1 atom stereocenters. The SMILES string of the molecule is CCCCCC[C](CCOCC)C(C)CCCC(C)C. The van der Waals surface area contributed by atoms with Crippen LogP contribution in [0, 0.1) is 17.8 Å². The average Bonchev–Trinajstić information content (AvgIpc) is 2.41. The molecule has 1 radical (unpaired) electrons. The lowest BCUT2D eigenvalue weighted by Crippen LogP contribution is -2.13. The van der Waals surface area contributed by atoms with Crippen molar-refractivity contribution in [3.8, 4) is 0 Å². The third-order valence-electron chi connectivity index (χ3n) is 4.24. The van der Waals surface area contributed by atoms with Crippen LogP contribution in [0.1, 0.15) is 92.4 Å². The zero-order chi connectivity index (χ0) is 15.2. The Morgan fingerprint density at radius 2 is 1.60 bits per heavy atom. The van der Waals surface area contributed by atoms with E-state index in [1.54, 1.807) is 5.92 Å². The van der Waals surface area contributed by atoms with Crippen molar-refractivity contribution < 1.29 is 4.74 Å². The molecule has 1 heteroatoms. The van der Waals surface area contributed by atoms with Crippen molar-refractivity contribution in [2.24, 2.45) is 11.8 Å². The van der Waals surface area contributed by atoms with E-state index in [1.807, 2.05) is 0 Å². The minimum Gasteiger partial charge on any atom is -0.382 e. The molecule has 0 aliphatic rings. The van der Waals surface area contributed by atoms with Gasteiger partial charge in [0, 0.05) is 13.2 Å². The fourth-order valence-electron chi connectivity index (χ4n) is 2.78. The van der Waals surface area contributed by atoms with Crippen LogP contribution in [-0.2, 0) is 4.74 Å². The third kappa shape index (κ3) is 11.8. The van der Waals surface area contributed by atoms with Crippen LogP contribution >= 0.6 is 0 Å². The monoisotopic (exact) mass is 283 g/mol. The minimum atomic E-state index is 0.788. The van der Waals surface area contributed by atoms with Crippen LogP contribution < -0.4 is 0 Å². The van der Waals surface area contributed by atoms with Crippen LogP contribution in [0.15, 0.2) is 0 Å². The minimum absolute atomic E-state index is 0.788. The molecule has 0 amide bonds. The summed E-state index contributed by atoms with van der Waals surface area (Å²) in [5, 5.41) is 0. The number of ether oxygens (including phenoxy) is 1. The lowest BCUT2D eigenvalue weighted by molar-refractivity contribution is 0.142. The van der Waals surface area contributed by atoms with Crippen molar-refractivity contribution in [1.82, 2.24) is 0 Å². The molecule has 0 spiro atoms. The van der Waals surface area contributed by atoms with E-state index in [0.717, 1.165) is 25.0 Å². The van der Waals surface area contributed by atoms with Crippen molar-refractivity contribution in [2.75, 3.05) is 13.2 Å². The molecular formula is C19H39O. The molecule has 0 rings (SSSR count). The Balaban J connectivity index is 3.98. The van der Waals surface area contributed by atoms with Crippen LogP contribution in [0.5, 0.6) is 0 Å². The number of hydrogen-bond acceptors (Lipinski definition) is 1. The van der Waals surface area contributed by atoms with Gasteiger partial charge in [0.05, 0.1) is 0 Å². The maximum atomic E-state index is 5.56. The largest absolute Gasteiger partial charge is 0.382 e. The van der Waals surface area contributed by atoms with Crippen molar-refractivity contribution >= 4 is 0 Å². The number of unbranched alkanes of at least 4 members (excludes halogenated alkanes) is 3. The first-order valence-electron chi connectivity index (χ1n) is 9.04. The Morgan fingerprint density at radius 1 is 0.850 bits per heavy atom. The van der Waals surface area contributed by atoms with Crippen molar-refractivity contribution in [2.45, 2.75) is 92.4 Å². The Kier molecular flexibility index (Phi) is 13.9. The van der Waals surface area contributed by atoms with E-state index < -0.39 is 0 Å². The predicted octanol–water partition coefficient (Wildman–Crippen LogP) is 6.42. The highest BCUT2D eigenvalue weighted by atomic mass is 16.5. The van der Waals surface area contributed by atoms with Crippen LogP contribution in [-0.4, -0.2) is 13.2 Å². The molecule has 121 valence electrons. The second-order valence-electron chi connectivity index (χ2n) is 6.64. The van der Waals surface area contributed by atoms with Gasteiger partial charge < -0.3 is 4.74 Å². The van der Waals surface area contributed by atoms with Gasteiger partial charge in [-0.25, -0.2) is 0 Å². The fraction of sp³-hybridized carbons (Fsp3) is 0.947. The lowest BCUT2D eigenvalue weighted by Gasteiger charge is -2.24. The van der Waals surface area contributed by atoms with Crippen LogP contribution in [0.4, 0.5) is 0 Å². The van der Waals surface area contributed by atoms with Gasteiger partial charge in [0.2, 0.25) is 0 Å². The Hall–Kier alpha value is -0.0400. The lowest BCUT2D eigenvalue weighted by atomic mass is 9.83. The van der Waals surface area contributed by atoms with Gasteiger partial charge in [0.1, 0.15) is 0 Å². The molecule has 1 unspecified atom stereocenters. The molecule has 0 saturated carbocycles. The number of hydrogen-bond donors (Lipinski definition) is 0. The highest BCUT2D eigenvalue weighted by Gasteiger charge is 2.17. The summed E-state index contributed by atoms with van der Waals surface area (Å²) in [6.45, 7) is 13.2. The summed E-state index contributed by atoms with van der Waals surface area (Å²) in [4.78, 5) is 0. The van der Waals surface area contributed by atoms with Crippen molar-refractivity contribution in [3.63, 3.8) is 0 Å². The molecule has 0 heterocycles. The summed E-state index contributed by atoms with van der Waals surface area (Å²) in [5.41, 5.74) is 0. The maximum absolute atomic E-state index is 5.56. The average molecular weight is 284 g/mol. The highest BCUT2D eigenvalue weighted by molar-refractivity contribution is 4.94. The summed E-state index contributed by atoms with van der Waals surface area (Å²) >= 11 is 0. The molecule has 0 aliphatic carbocycles. The highest BCUT2D eigenvalue weighted by Crippen LogP contribution is 2.29. The molecule has 0 saturated heterocycles. The zero-order valence-corrected chi connectivity index (χ0v) is 14.8. The molecule has 0 aromatic heterocycles. The molecule has 1 nitrogen and oxygen atoms in total. The maximum Gasteiger partial charge on any atom is 0.0471 e. The Labute approximate surface area is 128 Å². The molecule has 0 aliphatic heterocycles. The third-order valence-corrected chi connectivity index (χ3v) is 4.24. The standard InChI is InChI=1S/C19H39O/c1-6-8-9-10-14-19(15-16-20-7-2)18(5)13-11-12-17(3)4/h17-18H,6-16H2,1-5H3. The summed E-state index contributed by atoms with van der Waals surface area (Å²) in [7, 11) is 0. The summed E-state index contributed by atoms with van der Waals surface area (Å²) < 4.78 is 5.56. The van der Waals surface area contributed by atoms with Gasteiger partial charge in [-0.15, -0.1) is 0 Å². The van der Waals surface area contributed by atoms with Gasteiger partial charge in [0.15, 0.2) is 0 Å². The number of rotatable bonds is 14. The summed E-state index contributed by atoms with van der Waals surface area (Å²) in [6, 6.07) is 0. The van der Waals surface area contributed by atoms with Crippen molar-refractivity contribution in [3.05, 3.63) is 5.92 Å². The van der Waals surface area contributed by atoms with Gasteiger partial charge in [-0.3, -0.25) is 0 Å². The van der Waals surface area contributed by atoms with E-state index in [1.165, 1.54) is 57.8 Å². The fourth-order valence-corrected chi connectivity index (χ4v) is 2.78. The normalized spacial score (nSPS) is 13.3. The summed E-state index contributed by atoms with van der Waals surface area (Å²) in [6.07, 6.45) is 12.1. The van der Waals surface area contributed by atoms with E-state index in [0.29, 0.717) is 0 Å². The van der Waals surface area contributed by atoms with Gasteiger partial charge in [-0.1, -0.05) is 72.6 Å². The topological polar surface area (TPSA) is 9.23 Å². The van der Waals surface area contributed by atoms with Crippen LogP contribution in [0.2, 0.25) is 0 Å². The van der Waals surface area contributed by atoms with Gasteiger partial charge in [0.25, 0.3) is 0 Å². The molecule has 0 N–H and O–H groups in total. The Morgan fingerprint density at radius 3 is 2.20 bits per heavy atom. The van der Waals surface area contributed by atoms with Gasteiger partial charge >= 0.3 is 0 Å². The molecule has 0 aromatic rings. The first-order valence-corrected chi connectivity index (χ1v) is 9.04. The smallest absolute Gasteiger partial charge is 0.0471 e. The van der Waals surface area contributed by atoms with E-state index in [2.05, 4.69) is 34.6 Å². The van der Waals surface area contributed by atoms with Crippen LogP contribution in [0.3, 0.4) is 0 Å². The van der Waals surface area contributed by atoms with E-state index in [9.17, 15) is 0 Å². The molecule has 0 bridgehead atoms. The van der Waals surface area contributed by atoms with Gasteiger partial charge in [-0.2, -0.15) is 0 Å². The zero-order valence-electron chi connectivity index (χ0n) is 14.8. The predicted molar refractivity (Wildman–Crippen MR) is 91.0 cm³/mol. The first-order chi connectivity index (χ1) is 9.61. The van der Waals surface area contributed by atoms with E-state index >= 15 is 0 Å². The Bertz CT molecular complexity index is 188. The summed E-state index contributed by atoms with van der Waals surface area (Å²) in [5.74, 6) is 3.40. The van der Waals surface area contributed by atoms with Gasteiger partial charge in [-0.05, 0) is 37.5 Å². The first kappa shape index (κ1) is 20.0.